The number of aryl methyl sites for hydroxylation is 1. The van der Waals surface area contributed by atoms with Gasteiger partial charge in [-0.05, 0) is 56.9 Å². The van der Waals surface area contributed by atoms with Crippen LogP contribution in [0.1, 0.15) is 36.9 Å². The van der Waals surface area contributed by atoms with Crippen LogP contribution in [-0.2, 0) is 11.3 Å². The molecule has 0 bridgehead atoms. The molecule has 0 aliphatic carbocycles. The number of aliphatic hydroxyl groups is 1. The molecule has 3 aromatic rings. The average molecular weight is 492 g/mol. The van der Waals surface area contributed by atoms with Crippen molar-refractivity contribution in [3.63, 3.8) is 0 Å². The first-order valence-corrected chi connectivity index (χ1v) is 12.7. The largest absolute Gasteiger partial charge is 0.493 e. The lowest BCUT2D eigenvalue weighted by Crippen LogP contribution is -2.37. The predicted molar refractivity (Wildman–Crippen MR) is 141 cm³/mol. The number of allylic oxidation sites excluding steroid dienone is 1. The molecule has 1 fully saturated rings. The van der Waals surface area contributed by atoms with Crippen molar-refractivity contribution < 1.29 is 19.3 Å². The van der Waals surface area contributed by atoms with Crippen LogP contribution in [0.15, 0.2) is 67.3 Å². The van der Waals surface area contributed by atoms with Gasteiger partial charge in [-0.3, -0.25) is 4.90 Å². The molecule has 2 heterocycles. The molecule has 0 saturated carbocycles. The summed E-state index contributed by atoms with van der Waals surface area (Å²) >= 11 is 0. The second kappa shape index (κ2) is 12.7. The van der Waals surface area contributed by atoms with Crippen molar-refractivity contribution in [1.82, 2.24) is 14.7 Å². The fourth-order valence-corrected chi connectivity index (χ4v) is 4.58. The monoisotopic (exact) mass is 491 g/mol. The molecule has 4 rings (SSSR count). The van der Waals surface area contributed by atoms with Gasteiger partial charge in [-0.1, -0.05) is 36.4 Å². The van der Waals surface area contributed by atoms with Crippen molar-refractivity contribution in [2.24, 2.45) is 0 Å². The van der Waals surface area contributed by atoms with Crippen LogP contribution >= 0.6 is 0 Å². The van der Waals surface area contributed by atoms with Gasteiger partial charge in [-0.15, -0.1) is 6.58 Å². The Bertz CT molecular complexity index is 1110. The third-order valence-electron chi connectivity index (χ3n) is 6.45. The summed E-state index contributed by atoms with van der Waals surface area (Å²) in [5.41, 5.74) is 2.76. The van der Waals surface area contributed by atoms with Crippen molar-refractivity contribution in [1.29, 1.82) is 0 Å². The highest BCUT2D eigenvalue weighted by Gasteiger charge is 2.26. The first-order valence-electron chi connectivity index (χ1n) is 12.7. The molecule has 7 heteroatoms. The maximum absolute atomic E-state index is 10.7. The van der Waals surface area contributed by atoms with Gasteiger partial charge in [0, 0.05) is 26.2 Å². The van der Waals surface area contributed by atoms with Crippen molar-refractivity contribution in [3.05, 3.63) is 78.5 Å². The van der Waals surface area contributed by atoms with Crippen molar-refractivity contribution in [2.75, 3.05) is 26.8 Å². The Morgan fingerprint density at radius 1 is 1.19 bits per heavy atom. The molecule has 1 aromatic heterocycles. The number of methoxy groups -OCH3 is 1. The molecule has 0 spiro atoms. The summed E-state index contributed by atoms with van der Waals surface area (Å²) in [4.78, 5) is 2.26. The Kier molecular flexibility index (Phi) is 9.17. The molecule has 0 unspecified atom stereocenters. The van der Waals surface area contributed by atoms with Gasteiger partial charge in [0.15, 0.2) is 11.5 Å². The Balaban J connectivity index is 1.69. The number of rotatable bonds is 13. The molecule has 192 valence electrons. The lowest BCUT2D eigenvalue weighted by molar-refractivity contribution is 0.0442. The van der Waals surface area contributed by atoms with Gasteiger partial charge in [-0.25, -0.2) is 4.68 Å². The van der Waals surface area contributed by atoms with E-state index in [1.165, 1.54) is 0 Å². The first kappa shape index (κ1) is 25.9. The van der Waals surface area contributed by atoms with E-state index in [0.717, 1.165) is 49.4 Å². The summed E-state index contributed by atoms with van der Waals surface area (Å²) in [6.45, 7) is 8.45. The van der Waals surface area contributed by atoms with E-state index in [1.807, 2.05) is 72.3 Å². The smallest absolute Gasteiger partial charge is 0.227 e. The number of benzene rings is 2. The Morgan fingerprint density at radius 3 is 2.64 bits per heavy atom. The Hall–Kier alpha value is -3.13. The maximum atomic E-state index is 10.7. The molecule has 1 saturated heterocycles. The lowest BCUT2D eigenvalue weighted by atomic mass is 10.1. The third kappa shape index (κ3) is 6.55. The zero-order valence-corrected chi connectivity index (χ0v) is 21.3. The molecule has 1 aliphatic heterocycles. The Morgan fingerprint density at radius 2 is 1.94 bits per heavy atom. The minimum absolute atomic E-state index is 0.166. The van der Waals surface area contributed by atoms with Gasteiger partial charge in [0.25, 0.3) is 0 Å². The highest BCUT2D eigenvalue weighted by atomic mass is 16.5. The van der Waals surface area contributed by atoms with Gasteiger partial charge < -0.3 is 19.3 Å². The molecule has 1 aliphatic rings. The highest BCUT2D eigenvalue weighted by Crippen LogP contribution is 2.36. The van der Waals surface area contributed by atoms with Gasteiger partial charge in [0.2, 0.25) is 5.88 Å². The lowest BCUT2D eigenvalue weighted by Gasteiger charge is -2.27. The minimum Gasteiger partial charge on any atom is -0.493 e. The molecule has 2 aromatic carbocycles. The van der Waals surface area contributed by atoms with Crippen LogP contribution < -0.4 is 9.47 Å². The van der Waals surface area contributed by atoms with E-state index in [9.17, 15) is 5.11 Å². The number of hydrogen-bond donors (Lipinski definition) is 1. The molecule has 0 radical (unpaired) electrons. The van der Waals surface area contributed by atoms with E-state index in [-0.39, 0.29) is 6.10 Å². The number of aromatic nitrogens is 2. The van der Waals surface area contributed by atoms with Crippen molar-refractivity contribution in [2.45, 2.75) is 51.4 Å². The third-order valence-corrected chi connectivity index (χ3v) is 6.45. The molecular formula is C29H37N3O4. The summed E-state index contributed by atoms with van der Waals surface area (Å²) in [6, 6.07) is 17.6. The molecule has 0 amide bonds. The van der Waals surface area contributed by atoms with Gasteiger partial charge in [-0.2, -0.15) is 5.10 Å². The van der Waals surface area contributed by atoms with E-state index < -0.39 is 6.10 Å². The summed E-state index contributed by atoms with van der Waals surface area (Å²) < 4.78 is 19.8. The van der Waals surface area contributed by atoms with Gasteiger partial charge >= 0.3 is 0 Å². The van der Waals surface area contributed by atoms with Crippen LogP contribution in [0.3, 0.4) is 0 Å². The van der Waals surface area contributed by atoms with E-state index in [4.69, 9.17) is 19.3 Å². The highest BCUT2D eigenvalue weighted by molar-refractivity contribution is 5.47. The average Bonchev–Trinajstić information content (AvgIpc) is 3.52. The second-order valence-corrected chi connectivity index (χ2v) is 9.22. The number of aliphatic hydroxyl groups excluding tert-OH is 1. The van der Waals surface area contributed by atoms with E-state index in [0.29, 0.717) is 36.9 Å². The topological polar surface area (TPSA) is 69.0 Å². The zero-order valence-electron chi connectivity index (χ0n) is 21.3. The van der Waals surface area contributed by atoms with Gasteiger partial charge in [0.05, 0.1) is 36.3 Å². The number of ether oxygens (including phenoxy) is 3. The van der Waals surface area contributed by atoms with E-state index >= 15 is 0 Å². The summed E-state index contributed by atoms with van der Waals surface area (Å²) in [5, 5.41) is 15.6. The molecular weight excluding hydrogens is 454 g/mol. The number of nitrogens with zero attached hydrogens (tertiary/aromatic N) is 3. The number of para-hydroxylation sites is 3. The van der Waals surface area contributed by atoms with Crippen molar-refractivity contribution in [3.8, 4) is 23.1 Å². The minimum atomic E-state index is -0.451. The molecule has 2 atom stereocenters. The molecule has 36 heavy (non-hydrogen) atoms. The quantitative estimate of drug-likeness (QED) is 0.328. The van der Waals surface area contributed by atoms with Crippen LogP contribution in [0, 0.1) is 6.92 Å². The van der Waals surface area contributed by atoms with Crippen molar-refractivity contribution >= 4 is 0 Å². The van der Waals surface area contributed by atoms with E-state index in [2.05, 4.69) is 11.5 Å². The van der Waals surface area contributed by atoms with E-state index in [1.54, 1.807) is 7.11 Å². The standard InChI is InChI=1S/C29H37N3O4/c1-4-5-14-24(33)19-31(20-25-15-11-18-35-25)21-26-22(2)30-32(23-12-7-6-8-13-23)29(26)36-28-17-10-9-16-27(28)34-3/h4,6-10,12-13,16-17,24-25,33H,1,5,11,14-15,18-21H2,2-3H3/t24-,25+/m1/s1. The fourth-order valence-electron chi connectivity index (χ4n) is 4.58. The summed E-state index contributed by atoms with van der Waals surface area (Å²) in [7, 11) is 1.64. The normalized spacial score (nSPS) is 16.3. The van der Waals surface area contributed by atoms with Crippen LogP contribution in [0.5, 0.6) is 17.4 Å². The van der Waals surface area contributed by atoms with Crippen LogP contribution in [0.25, 0.3) is 5.69 Å². The van der Waals surface area contributed by atoms with Crippen LogP contribution in [0.2, 0.25) is 0 Å². The molecule has 7 nitrogen and oxygen atoms in total. The summed E-state index contributed by atoms with van der Waals surface area (Å²) in [5.74, 6) is 1.91. The SMILES string of the molecule is C=CCC[C@@H](O)CN(Cc1c(C)nn(-c2ccccc2)c1Oc1ccccc1OC)C[C@@H]1CCCO1. The van der Waals surface area contributed by atoms with Crippen LogP contribution in [0.4, 0.5) is 0 Å². The Labute approximate surface area is 213 Å². The van der Waals surface area contributed by atoms with Crippen LogP contribution in [-0.4, -0.2) is 58.8 Å². The maximum Gasteiger partial charge on any atom is 0.227 e. The predicted octanol–water partition coefficient (Wildman–Crippen LogP) is 5.29. The van der Waals surface area contributed by atoms with Gasteiger partial charge in [0.1, 0.15) is 0 Å². The first-order chi connectivity index (χ1) is 17.6. The number of hydrogen-bond acceptors (Lipinski definition) is 6. The zero-order chi connectivity index (χ0) is 25.3. The second-order valence-electron chi connectivity index (χ2n) is 9.22. The fraction of sp³-hybridized carbons (Fsp3) is 0.414. The molecule has 1 N–H and O–H groups in total. The summed E-state index contributed by atoms with van der Waals surface area (Å²) in [6.07, 6.45) is 5.13.